The number of carbonyl (C=O) groups is 2. The van der Waals surface area contributed by atoms with Gasteiger partial charge in [0.2, 0.25) is 0 Å². The topological polar surface area (TPSA) is 91.8 Å². The predicted octanol–water partition coefficient (Wildman–Crippen LogP) is 2.62. The van der Waals surface area contributed by atoms with E-state index in [4.69, 9.17) is 4.74 Å². The normalized spacial score (nSPS) is 27.9. The van der Waals surface area contributed by atoms with Crippen LogP contribution >= 0.6 is 0 Å². The SMILES string of the molecule is O=C(O)N[C@H]1C[C@]2(C(=O)N3CCc4ncc(C(F)(F)F)cc4C3)CCO[C@@H]2[C@H]1[Se]c1ccccc1. The van der Waals surface area contributed by atoms with E-state index in [0.29, 0.717) is 43.7 Å². The van der Waals surface area contributed by atoms with Gasteiger partial charge in [-0.25, -0.2) is 0 Å². The summed E-state index contributed by atoms with van der Waals surface area (Å²) in [5, 5.41) is 12.1. The summed E-state index contributed by atoms with van der Waals surface area (Å²) >= 11 is -0.147. The molecule has 0 radical (unpaired) electrons. The second-order valence-corrected chi connectivity index (χ2v) is 11.8. The molecule has 2 amide bonds. The van der Waals surface area contributed by atoms with Gasteiger partial charge in [-0.05, 0) is 0 Å². The Balaban J connectivity index is 1.42. The summed E-state index contributed by atoms with van der Waals surface area (Å²) < 4.78 is 46.8. The molecule has 7 nitrogen and oxygen atoms in total. The van der Waals surface area contributed by atoms with Crippen molar-refractivity contribution in [1.29, 1.82) is 0 Å². The molecular formula is C24H24F3N3O4Se. The first-order valence-electron chi connectivity index (χ1n) is 11.3. The van der Waals surface area contributed by atoms with E-state index in [1.165, 1.54) is 0 Å². The van der Waals surface area contributed by atoms with E-state index in [-0.39, 0.29) is 32.2 Å². The number of rotatable bonds is 4. The van der Waals surface area contributed by atoms with Crippen molar-refractivity contribution >= 4 is 31.4 Å². The zero-order valence-electron chi connectivity index (χ0n) is 18.6. The van der Waals surface area contributed by atoms with Gasteiger partial charge in [0.15, 0.2) is 0 Å². The van der Waals surface area contributed by atoms with E-state index in [1.807, 2.05) is 30.3 Å². The second kappa shape index (κ2) is 9.11. The Morgan fingerprint density at radius 3 is 2.74 bits per heavy atom. The number of nitrogens with zero attached hydrogens (tertiary/aromatic N) is 2. The van der Waals surface area contributed by atoms with E-state index in [9.17, 15) is 27.9 Å². The van der Waals surface area contributed by atoms with Gasteiger partial charge in [0.25, 0.3) is 0 Å². The number of carboxylic acid groups (broad SMARTS) is 1. The molecule has 35 heavy (non-hydrogen) atoms. The maximum absolute atomic E-state index is 14.0. The van der Waals surface area contributed by atoms with E-state index in [0.717, 1.165) is 16.7 Å². The van der Waals surface area contributed by atoms with Gasteiger partial charge < -0.3 is 0 Å². The second-order valence-electron chi connectivity index (χ2n) is 9.16. The number of fused-ring (bicyclic) bond motifs is 2. The van der Waals surface area contributed by atoms with E-state index in [1.54, 1.807) is 4.90 Å². The molecule has 4 atom stereocenters. The summed E-state index contributed by atoms with van der Waals surface area (Å²) in [6.45, 7) is 0.789. The minimum absolute atomic E-state index is 0.0467. The number of hydrogen-bond acceptors (Lipinski definition) is 4. The molecule has 3 heterocycles. The van der Waals surface area contributed by atoms with Crippen LogP contribution in [0, 0.1) is 5.41 Å². The molecule has 1 aromatic carbocycles. The van der Waals surface area contributed by atoms with Crippen molar-refractivity contribution in [2.24, 2.45) is 5.41 Å². The Labute approximate surface area is 206 Å². The van der Waals surface area contributed by atoms with E-state index in [2.05, 4.69) is 10.3 Å². The fourth-order valence-corrected chi connectivity index (χ4v) is 8.47. The van der Waals surface area contributed by atoms with Crippen LogP contribution in [0.5, 0.6) is 0 Å². The van der Waals surface area contributed by atoms with Gasteiger partial charge >= 0.3 is 206 Å². The van der Waals surface area contributed by atoms with Crippen molar-refractivity contribution in [1.82, 2.24) is 15.2 Å². The molecular weight excluding hydrogens is 530 g/mol. The van der Waals surface area contributed by atoms with Crippen LogP contribution in [-0.4, -0.2) is 67.2 Å². The van der Waals surface area contributed by atoms with Crippen molar-refractivity contribution in [2.75, 3.05) is 13.2 Å². The molecule has 2 aliphatic heterocycles. The van der Waals surface area contributed by atoms with Crippen LogP contribution < -0.4 is 9.78 Å². The zero-order chi connectivity index (χ0) is 24.8. The third kappa shape index (κ3) is 4.52. The third-order valence-corrected chi connectivity index (χ3v) is 9.99. The fourth-order valence-electron chi connectivity index (χ4n) is 5.49. The number of ether oxygens (including phenoxy) is 1. The standard InChI is InChI=1S/C24H24F3N3O4Se/c25-24(26,27)15-10-14-13-30(8-6-17(14)28-12-15)21(31)23-7-9-34-20(23)19(18(11-23)29-22(32)33)35-16-4-2-1-3-5-16/h1-5,10,12,18-20,29H,6-9,11,13H2,(H,32,33)/t18-,19-,20+,23+/m0/s1. The molecule has 3 aliphatic rings. The molecule has 2 N–H and O–H groups in total. The number of nitrogens with one attached hydrogen (secondary N) is 1. The number of pyridine rings is 1. The molecule has 0 bridgehead atoms. The number of amides is 2. The molecule has 1 aromatic heterocycles. The molecule has 0 spiro atoms. The first kappa shape index (κ1) is 24.1. The quantitative estimate of drug-likeness (QED) is 0.568. The molecule has 1 saturated heterocycles. The summed E-state index contributed by atoms with van der Waals surface area (Å²) in [5.41, 5.74) is -0.764. The Kier molecular flexibility index (Phi) is 6.27. The molecule has 2 aromatic rings. The molecule has 11 heteroatoms. The summed E-state index contributed by atoms with van der Waals surface area (Å²) in [4.78, 5) is 30.9. The molecule has 5 rings (SSSR count). The summed E-state index contributed by atoms with van der Waals surface area (Å²) in [7, 11) is 0. The van der Waals surface area contributed by atoms with Crippen LogP contribution in [0.3, 0.4) is 0 Å². The van der Waals surface area contributed by atoms with E-state index < -0.39 is 35.4 Å². The first-order valence-corrected chi connectivity index (χ1v) is 13.2. The zero-order valence-corrected chi connectivity index (χ0v) is 20.3. The Morgan fingerprint density at radius 2 is 2.03 bits per heavy atom. The molecule has 186 valence electrons. The number of halogens is 3. The van der Waals surface area contributed by atoms with E-state index >= 15 is 0 Å². The molecule has 2 fully saturated rings. The molecule has 1 saturated carbocycles. The van der Waals surface area contributed by atoms with Crippen molar-refractivity contribution in [3.63, 3.8) is 0 Å². The van der Waals surface area contributed by atoms with Crippen molar-refractivity contribution in [3.05, 3.63) is 59.4 Å². The predicted molar refractivity (Wildman–Crippen MR) is 120 cm³/mol. The van der Waals surface area contributed by atoms with Crippen LogP contribution in [0.25, 0.3) is 0 Å². The van der Waals surface area contributed by atoms with Gasteiger partial charge in [-0.3, -0.25) is 0 Å². The number of alkyl halides is 3. The average molecular weight is 554 g/mol. The Hall–Kier alpha value is -2.62. The van der Waals surface area contributed by atoms with Crippen molar-refractivity contribution in [2.45, 2.75) is 48.9 Å². The number of carbonyl (C=O) groups excluding carboxylic acids is 1. The van der Waals surface area contributed by atoms with Crippen LogP contribution in [0.1, 0.15) is 29.7 Å². The monoisotopic (exact) mass is 555 g/mol. The average Bonchev–Trinajstić information content (AvgIpc) is 3.36. The Morgan fingerprint density at radius 1 is 1.26 bits per heavy atom. The summed E-state index contributed by atoms with van der Waals surface area (Å²) in [6.07, 6.45) is -4.13. The maximum atomic E-state index is 14.0. The van der Waals surface area contributed by atoms with Gasteiger partial charge in [-0.15, -0.1) is 0 Å². The van der Waals surface area contributed by atoms with Gasteiger partial charge in [0.05, 0.1) is 0 Å². The van der Waals surface area contributed by atoms with Crippen LogP contribution in [0.2, 0.25) is 4.82 Å². The summed E-state index contributed by atoms with van der Waals surface area (Å²) in [5.74, 6) is -0.174. The minimum atomic E-state index is -4.51. The van der Waals surface area contributed by atoms with Gasteiger partial charge in [0, 0.05) is 0 Å². The third-order valence-electron chi connectivity index (χ3n) is 7.07. The molecule has 1 aliphatic carbocycles. The van der Waals surface area contributed by atoms with Crippen LogP contribution in [0.15, 0.2) is 42.6 Å². The summed E-state index contributed by atoms with van der Waals surface area (Å²) in [6, 6.07) is 10.4. The fraction of sp³-hybridized carbons (Fsp3) is 0.458. The van der Waals surface area contributed by atoms with Gasteiger partial charge in [-0.2, -0.15) is 0 Å². The molecule has 0 unspecified atom stereocenters. The van der Waals surface area contributed by atoms with Crippen LogP contribution in [0.4, 0.5) is 18.0 Å². The van der Waals surface area contributed by atoms with Crippen molar-refractivity contribution in [3.8, 4) is 0 Å². The number of benzene rings is 1. The number of aromatic nitrogens is 1. The van der Waals surface area contributed by atoms with Gasteiger partial charge in [-0.1, -0.05) is 0 Å². The van der Waals surface area contributed by atoms with Gasteiger partial charge in [0.1, 0.15) is 0 Å². The first-order chi connectivity index (χ1) is 16.7. The number of hydrogen-bond donors (Lipinski definition) is 2. The van der Waals surface area contributed by atoms with Crippen molar-refractivity contribution < 1.29 is 32.6 Å². The Bertz CT molecular complexity index is 1130. The van der Waals surface area contributed by atoms with Crippen LogP contribution in [-0.2, 0) is 28.7 Å².